The van der Waals surface area contributed by atoms with Crippen LogP contribution >= 0.6 is 11.8 Å². The van der Waals surface area contributed by atoms with Gasteiger partial charge in [0, 0.05) is 17.9 Å². The zero-order valence-corrected chi connectivity index (χ0v) is 15.4. The van der Waals surface area contributed by atoms with Crippen LogP contribution in [-0.2, 0) is 10.5 Å². The van der Waals surface area contributed by atoms with Gasteiger partial charge in [-0.2, -0.15) is 0 Å². The number of nitrogens with zero attached hydrogens (tertiary/aromatic N) is 1. The van der Waals surface area contributed by atoms with Crippen LogP contribution in [0.5, 0.6) is 5.75 Å². The highest BCUT2D eigenvalue weighted by Gasteiger charge is 2.15. The van der Waals surface area contributed by atoms with Gasteiger partial charge < -0.3 is 14.5 Å². The number of carbonyl (C=O) groups excluding carboxylic acids is 1. The molecule has 2 aromatic rings. The third-order valence-corrected chi connectivity index (χ3v) is 4.60. The summed E-state index contributed by atoms with van der Waals surface area (Å²) in [5.41, 5.74) is 1.73. The Hall–Kier alpha value is -1.95. The topological polar surface area (TPSA) is 64.4 Å². The molecule has 1 atom stereocenters. The van der Waals surface area contributed by atoms with Crippen molar-refractivity contribution in [1.82, 2.24) is 10.3 Å². The summed E-state index contributed by atoms with van der Waals surface area (Å²) in [6.45, 7) is 6.77. The van der Waals surface area contributed by atoms with E-state index >= 15 is 0 Å². The van der Waals surface area contributed by atoms with Gasteiger partial charge in [-0.25, -0.2) is 4.98 Å². The molecule has 1 aromatic carbocycles. The fraction of sp³-hybridized carbons (Fsp3) is 0.444. The molecule has 0 spiro atoms. The summed E-state index contributed by atoms with van der Waals surface area (Å²) in [4.78, 5) is 16.4. The second kappa shape index (κ2) is 8.78. The SMILES string of the molecule is COc1ccc(-c2nc(CS[C@@H](C)C(=O)NCC(C)C)co2)cc1. The van der Waals surface area contributed by atoms with Crippen LogP contribution < -0.4 is 10.1 Å². The molecule has 0 aliphatic heterocycles. The Balaban J connectivity index is 1.88. The summed E-state index contributed by atoms with van der Waals surface area (Å²) in [5.74, 6) is 2.52. The van der Waals surface area contributed by atoms with E-state index in [1.165, 1.54) is 0 Å². The highest BCUT2D eigenvalue weighted by atomic mass is 32.2. The number of hydrogen-bond donors (Lipinski definition) is 1. The Morgan fingerprint density at radius 2 is 2.00 bits per heavy atom. The van der Waals surface area contributed by atoms with E-state index in [4.69, 9.17) is 9.15 Å². The third-order valence-electron chi connectivity index (χ3n) is 3.42. The second-order valence-corrected chi connectivity index (χ2v) is 7.29. The van der Waals surface area contributed by atoms with Crippen molar-refractivity contribution in [2.45, 2.75) is 31.8 Å². The van der Waals surface area contributed by atoms with Gasteiger partial charge in [0.2, 0.25) is 11.8 Å². The maximum Gasteiger partial charge on any atom is 0.232 e. The van der Waals surface area contributed by atoms with Crippen LogP contribution in [0.2, 0.25) is 0 Å². The van der Waals surface area contributed by atoms with E-state index < -0.39 is 0 Å². The fourth-order valence-electron chi connectivity index (χ4n) is 1.97. The van der Waals surface area contributed by atoms with Gasteiger partial charge in [0.1, 0.15) is 12.0 Å². The number of carbonyl (C=O) groups is 1. The Kier molecular flexibility index (Phi) is 6.73. The molecule has 0 unspecified atom stereocenters. The van der Waals surface area contributed by atoms with E-state index in [1.807, 2.05) is 31.2 Å². The van der Waals surface area contributed by atoms with Crippen molar-refractivity contribution in [2.75, 3.05) is 13.7 Å². The highest BCUT2D eigenvalue weighted by Crippen LogP contribution is 2.24. The van der Waals surface area contributed by atoms with Crippen molar-refractivity contribution in [3.8, 4) is 17.2 Å². The predicted molar refractivity (Wildman–Crippen MR) is 97.1 cm³/mol. The van der Waals surface area contributed by atoms with E-state index in [9.17, 15) is 4.79 Å². The van der Waals surface area contributed by atoms with Gasteiger partial charge in [-0.1, -0.05) is 13.8 Å². The van der Waals surface area contributed by atoms with Crippen molar-refractivity contribution < 1.29 is 13.9 Å². The summed E-state index contributed by atoms with van der Waals surface area (Å²) >= 11 is 1.55. The summed E-state index contributed by atoms with van der Waals surface area (Å²) in [5, 5.41) is 2.82. The molecule has 1 heterocycles. The zero-order chi connectivity index (χ0) is 17.5. The number of aromatic nitrogens is 1. The van der Waals surface area contributed by atoms with E-state index in [0.29, 0.717) is 24.1 Å². The summed E-state index contributed by atoms with van der Waals surface area (Å²) in [6, 6.07) is 7.55. The molecular weight excluding hydrogens is 324 g/mol. The average molecular weight is 348 g/mol. The first-order valence-corrected chi connectivity index (χ1v) is 9.02. The smallest absolute Gasteiger partial charge is 0.232 e. The van der Waals surface area contributed by atoms with Crippen LogP contribution in [0.3, 0.4) is 0 Å². The molecule has 1 N–H and O–H groups in total. The first-order valence-electron chi connectivity index (χ1n) is 7.97. The molecule has 0 bridgehead atoms. The lowest BCUT2D eigenvalue weighted by Gasteiger charge is -2.12. The molecule has 130 valence electrons. The molecule has 2 rings (SSSR count). The normalized spacial score (nSPS) is 12.2. The third kappa shape index (κ3) is 5.30. The van der Waals surface area contributed by atoms with E-state index in [2.05, 4.69) is 24.1 Å². The minimum atomic E-state index is -0.120. The number of amides is 1. The summed E-state index contributed by atoms with van der Waals surface area (Å²) in [7, 11) is 1.63. The molecular formula is C18H24N2O3S. The van der Waals surface area contributed by atoms with Crippen molar-refractivity contribution in [2.24, 2.45) is 5.92 Å². The number of hydrogen-bond acceptors (Lipinski definition) is 5. The van der Waals surface area contributed by atoms with Gasteiger partial charge in [0.15, 0.2) is 0 Å². The van der Waals surface area contributed by atoms with Crippen LogP contribution in [0.25, 0.3) is 11.5 Å². The monoisotopic (exact) mass is 348 g/mol. The number of ether oxygens (including phenoxy) is 1. The van der Waals surface area contributed by atoms with Gasteiger partial charge >= 0.3 is 0 Å². The predicted octanol–water partition coefficient (Wildman–Crippen LogP) is 3.74. The molecule has 6 heteroatoms. The lowest BCUT2D eigenvalue weighted by molar-refractivity contribution is -0.120. The quantitative estimate of drug-likeness (QED) is 0.787. The first kappa shape index (κ1) is 18.4. The Morgan fingerprint density at radius 3 is 2.62 bits per heavy atom. The van der Waals surface area contributed by atoms with Gasteiger partial charge in [-0.05, 0) is 37.1 Å². The lowest BCUT2D eigenvalue weighted by atomic mass is 10.2. The molecule has 0 aliphatic carbocycles. The number of nitrogens with one attached hydrogen (secondary N) is 1. The van der Waals surface area contributed by atoms with E-state index in [1.54, 1.807) is 25.1 Å². The maximum atomic E-state index is 12.0. The van der Waals surface area contributed by atoms with Crippen molar-refractivity contribution >= 4 is 17.7 Å². The van der Waals surface area contributed by atoms with Crippen LogP contribution in [0, 0.1) is 5.92 Å². The number of rotatable bonds is 8. The molecule has 5 nitrogen and oxygen atoms in total. The largest absolute Gasteiger partial charge is 0.497 e. The Bertz CT molecular complexity index is 653. The van der Waals surface area contributed by atoms with Crippen LogP contribution in [0.4, 0.5) is 0 Å². The van der Waals surface area contributed by atoms with Crippen molar-refractivity contribution in [1.29, 1.82) is 0 Å². The zero-order valence-electron chi connectivity index (χ0n) is 14.5. The second-order valence-electron chi connectivity index (χ2n) is 5.96. The van der Waals surface area contributed by atoms with Gasteiger partial charge in [0.05, 0.1) is 18.1 Å². The van der Waals surface area contributed by atoms with Crippen LogP contribution in [-0.4, -0.2) is 29.8 Å². The van der Waals surface area contributed by atoms with Gasteiger partial charge in [-0.15, -0.1) is 11.8 Å². The number of thioether (sulfide) groups is 1. The van der Waals surface area contributed by atoms with Crippen molar-refractivity contribution in [3.63, 3.8) is 0 Å². The molecule has 0 saturated carbocycles. The standard InChI is InChI=1S/C18H24N2O3S/c1-12(2)9-19-17(21)13(3)24-11-15-10-23-18(20-15)14-5-7-16(22-4)8-6-14/h5-8,10,12-13H,9,11H2,1-4H3,(H,19,21)/t13-/m0/s1. The molecule has 0 fully saturated rings. The minimum Gasteiger partial charge on any atom is -0.497 e. The number of methoxy groups -OCH3 is 1. The fourth-order valence-corrected chi connectivity index (χ4v) is 2.76. The molecule has 1 aromatic heterocycles. The van der Waals surface area contributed by atoms with E-state index in [-0.39, 0.29) is 11.2 Å². The molecule has 1 amide bonds. The summed E-state index contributed by atoms with van der Waals surface area (Å²) < 4.78 is 10.7. The summed E-state index contributed by atoms with van der Waals surface area (Å²) in [6.07, 6.45) is 1.64. The Labute approximate surface area is 147 Å². The van der Waals surface area contributed by atoms with Gasteiger partial charge in [-0.3, -0.25) is 4.79 Å². The van der Waals surface area contributed by atoms with E-state index in [0.717, 1.165) is 17.0 Å². The van der Waals surface area contributed by atoms with Gasteiger partial charge in [0.25, 0.3) is 0 Å². The minimum absolute atomic E-state index is 0.0626. The maximum absolute atomic E-state index is 12.0. The number of oxazole rings is 1. The number of benzene rings is 1. The molecule has 24 heavy (non-hydrogen) atoms. The molecule has 0 radical (unpaired) electrons. The molecule has 0 aliphatic rings. The van der Waals surface area contributed by atoms with Crippen LogP contribution in [0.1, 0.15) is 26.5 Å². The first-order chi connectivity index (χ1) is 11.5. The molecule has 0 saturated heterocycles. The highest BCUT2D eigenvalue weighted by molar-refractivity contribution is 7.99. The van der Waals surface area contributed by atoms with Crippen LogP contribution in [0.15, 0.2) is 34.9 Å². The van der Waals surface area contributed by atoms with Crippen molar-refractivity contribution in [3.05, 3.63) is 36.2 Å². The lowest BCUT2D eigenvalue weighted by Crippen LogP contribution is -2.33. The average Bonchev–Trinajstić information content (AvgIpc) is 3.06. The Morgan fingerprint density at radius 1 is 1.29 bits per heavy atom.